The molecule has 0 spiro atoms. The van der Waals surface area contributed by atoms with Crippen LogP contribution in [0, 0.1) is 6.92 Å². The van der Waals surface area contributed by atoms with E-state index in [-0.39, 0.29) is 17.9 Å². The van der Waals surface area contributed by atoms with Crippen LogP contribution in [0.2, 0.25) is 0 Å². The van der Waals surface area contributed by atoms with Gasteiger partial charge in [-0.2, -0.15) is 0 Å². The van der Waals surface area contributed by atoms with Crippen LogP contribution in [0.15, 0.2) is 54.6 Å². The number of aryl methyl sites for hydroxylation is 1. The predicted molar refractivity (Wildman–Crippen MR) is 111 cm³/mol. The first-order chi connectivity index (χ1) is 13.5. The third kappa shape index (κ3) is 5.67. The number of nitrogens with one attached hydrogen (secondary N) is 1. The van der Waals surface area contributed by atoms with Gasteiger partial charge in [-0.3, -0.25) is 14.5 Å². The molecule has 0 radical (unpaired) electrons. The fourth-order valence-electron chi connectivity index (χ4n) is 3.71. The molecule has 2 amide bonds. The average Bonchev–Trinajstić information content (AvgIpc) is 2.68. The second-order valence-electron chi connectivity index (χ2n) is 7.51. The van der Waals surface area contributed by atoms with Crippen molar-refractivity contribution in [3.63, 3.8) is 0 Å². The second-order valence-corrected chi connectivity index (χ2v) is 7.51. The highest BCUT2D eigenvalue weighted by Gasteiger charge is 2.24. The fraction of sp³-hybridized carbons (Fsp3) is 0.391. The maximum Gasteiger partial charge on any atom is 0.225 e. The van der Waals surface area contributed by atoms with Gasteiger partial charge in [0.1, 0.15) is 0 Å². The molecule has 0 saturated carbocycles. The number of hydrogen-bond donors (Lipinski definition) is 1. The number of hydrogen-bond acceptors (Lipinski definition) is 3. The van der Waals surface area contributed by atoms with Gasteiger partial charge in [0.15, 0.2) is 0 Å². The lowest BCUT2D eigenvalue weighted by atomic mass is 10.0. The van der Waals surface area contributed by atoms with Crippen LogP contribution in [0.5, 0.6) is 0 Å². The molecule has 1 atom stereocenters. The summed E-state index contributed by atoms with van der Waals surface area (Å²) < 4.78 is 0. The molecule has 0 aromatic heterocycles. The Morgan fingerprint density at radius 1 is 1.00 bits per heavy atom. The van der Waals surface area contributed by atoms with Crippen LogP contribution in [-0.4, -0.2) is 47.8 Å². The fourth-order valence-corrected chi connectivity index (χ4v) is 3.71. The summed E-state index contributed by atoms with van der Waals surface area (Å²) in [6.07, 6.45) is 0.293. The number of rotatable bonds is 6. The molecular formula is C23H29N3O2. The van der Waals surface area contributed by atoms with Crippen LogP contribution in [0.4, 0.5) is 0 Å². The van der Waals surface area contributed by atoms with Crippen molar-refractivity contribution in [2.75, 3.05) is 26.2 Å². The minimum Gasteiger partial charge on any atom is -0.349 e. The van der Waals surface area contributed by atoms with Gasteiger partial charge in [0.25, 0.3) is 0 Å². The van der Waals surface area contributed by atoms with Crippen molar-refractivity contribution < 1.29 is 9.59 Å². The molecule has 1 N–H and O–H groups in total. The van der Waals surface area contributed by atoms with Gasteiger partial charge in [0.05, 0.1) is 12.5 Å². The largest absolute Gasteiger partial charge is 0.349 e. The summed E-state index contributed by atoms with van der Waals surface area (Å²) in [4.78, 5) is 28.7. The summed E-state index contributed by atoms with van der Waals surface area (Å²) in [5.41, 5.74) is 3.55. The van der Waals surface area contributed by atoms with Crippen molar-refractivity contribution in [2.24, 2.45) is 0 Å². The molecule has 1 unspecified atom stereocenters. The first-order valence-electron chi connectivity index (χ1n) is 9.89. The lowest BCUT2D eigenvalue weighted by Crippen LogP contribution is -2.49. The molecule has 28 heavy (non-hydrogen) atoms. The van der Waals surface area contributed by atoms with Crippen molar-refractivity contribution in [1.29, 1.82) is 0 Å². The predicted octanol–water partition coefficient (Wildman–Crippen LogP) is 2.91. The molecule has 0 aliphatic carbocycles. The van der Waals surface area contributed by atoms with Gasteiger partial charge in [-0.25, -0.2) is 0 Å². The van der Waals surface area contributed by atoms with E-state index < -0.39 is 0 Å². The average molecular weight is 380 g/mol. The van der Waals surface area contributed by atoms with E-state index >= 15 is 0 Å². The van der Waals surface area contributed by atoms with Gasteiger partial charge in [-0.15, -0.1) is 0 Å². The van der Waals surface area contributed by atoms with Crippen LogP contribution in [0.3, 0.4) is 0 Å². The summed E-state index contributed by atoms with van der Waals surface area (Å²) in [6.45, 7) is 7.72. The molecule has 1 aliphatic heterocycles. The van der Waals surface area contributed by atoms with Crippen molar-refractivity contribution >= 4 is 11.8 Å². The second kappa shape index (κ2) is 9.51. The molecule has 2 aromatic carbocycles. The Hall–Kier alpha value is -2.66. The van der Waals surface area contributed by atoms with E-state index in [2.05, 4.69) is 41.4 Å². The van der Waals surface area contributed by atoms with Crippen LogP contribution in [-0.2, 0) is 16.1 Å². The molecular weight excluding hydrogens is 350 g/mol. The van der Waals surface area contributed by atoms with E-state index in [1.54, 1.807) is 0 Å². The summed E-state index contributed by atoms with van der Waals surface area (Å²) in [7, 11) is 0. The third-order valence-electron chi connectivity index (χ3n) is 5.17. The Morgan fingerprint density at radius 2 is 1.71 bits per heavy atom. The molecule has 2 aromatic rings. The van der Waals surface area contributed by atoms with E-state index in [0.717, 1.165) is 38.3 Å². The van der Waals surface area contributed by atoms with Gasteiger partial charge in [-0.1, -0.05) is 60.2 Å². The molecule has 5 heteroatoms. The van der Waals surface area contributed by atoms with Crippen molar-refractivity contribution in [2.45, 2.75) is 32.9 Å². The molecule has 3 rings (SSSR count). The zero-order chi connectivity index (χ0) is 19.9. The SMILES string of the molecule is CC(=O)NC(CC(=O)N1CCN(Cc2cccc(C)c2)CC1)c1ccccc1. The highest BCUT2D eigenvalue weighted by Crippen LogP contribution is 2.19. The third-order valence-corrected chi connectivity index (χ3v) is 5.17. The maximum absolute atomic E-state index is 12.8. The lowest BCUT2D eigenvalue weighted by Gasteiger charge is -2.35. The summed E-state index contributed by atoms with van der Waals surface area (Å²) in [5.74, 6) is -0.0255. The number of amides is 2. The number of carbonyl (C=O) groups is 2. The van der Waals surface area contributed by atoms with E-state index in [1.165, 1.54) is 18.1 Å². The number of nitrogens with zero attached hydrogens (tertiary/aromatic N) is 2. The van der Waals surface area contributed by atoms with Crippen LogP contribution >= 0.6 is 0 Å². The molecule has 5 nitrogen and oxygen atoms in total. The van der Waals surface area contributed by atoms with Gasteiger partial charge in [0.2, 0.25) is 11.8 Å². The van der Waals surface area contributed by atoms with E-state index in [1.807, 2.05) is 35.2 Å². The Morgan fingerprint density at radius 3 is 2.36 bits per heavy atom. The van der Waals surface area contributed by atoms with E-state index in [4.69, 9.17) is 0 Å². The van der Waals surface area contributed by atoms with Gasteiger partial charge < -0.3 is 10.2 Å². The smallest absolute Gasteiger partial charge is 0.225 e. The number of benzene rings is 2. The first kappa shape index (κ1) is 20.1. The highest BCUT2D eigenvalue weighted by molar-refractivity contribution is 5.79. The quantitative estimate of drug-likeness (QED) is 0.840. The Labute approximate surface area is 167 Å². The minimum absolute atomic E-state index is 0.0952. The van der Waals surface area contributed by atoms with E-state index in [9.17, 15) is 9.59 Å². The summed E-state index contributed by atoms with van der Waals surface area (Å²) >= 11 is 0. The normalized spacial score (nSPS) is 15.9. The van der Waals surface area contributed by atoms with Crippen LogP contribution in [0.1, 0.15) is 36.1 Å². The Balaban J connectivity index is 1.54. The van der Waals surface area contributed by atoms with Crippen molar-refractivity contribution in [3.05, 3.63) is 71.3 Å². The zero-order valence-corrected chi connectivity index (χ0v) is 16.7. The van der Waals surface area contributed by atoms with Crippen molar-refractivity contribution in [1.82, 2.24) is 15.1 Å². The topological polar surface area (TPSA) is 52.7 Å². The Bertz CT molecular complexity index is 799. The molecule has 1 aliphatic rings. The molecule has 1 fully saturated rings. The summed E-state index contributed by atoms with van der Waals surface area (Å²) in [5, 5.41) is 2.92. The standard InChI is InChI=1S/C23H29N3O2/c1-18-7-6-8-20(15-18)17-25-11-13-26(14-12-25)23(28)16-22(24-19(2)27)21-9-4-3-5-10-21/h3-10,15,22H,11-14,16-17H2,1-2H3,(H,24,27). The van der Waals surface area contributed by atoms with Gasteiger partial charge in [-0.05, 0) is 18.1 Å². The summed E-state index contributed by atoms with van der Waals surface area (Å²) in [6, 6.07) is 18.0. The van der Waals surface area contributed by atoms with Crippen molar-refractivity contribution in [3.8, 4) is 0 Å². The first-order valence-corrected chi connectivity index (χ1v) is 9.89. The minimum atomic E-state index is -0.281. The molecule has 148 valence electrons. The maximum atomic E-state index is 12.8. The van der Waals surface area contributed by atoms with Gasteiger partial charge >= 0.3 is 0 Å². The Kier molecular flexibility index (Phi) is 6.82. The molecule has 1 saturated heterocycles. The number of piperazine rings is 1. The zero-order valence-electron chi connectivity index (χ0n) is 16.7. The van der Waals surface area contributed by atoms with E-state index in [0.29, 0.717) is 6.42 Å². The monoisotopic (exact) mass is 379 g/mol. The van der Waals surface area contributed by atoms with Crippen LogP contribution in [0.25, 0.3) is 0 Å². The number of carbonyl (C=O) groups excluding carboxylic acids is 2. The molecule has 1 heterocycles. The lowest BCUT2D eigenvalue weighted by molar-refractivity contribution is -0.133. The van der Waals surface area contributed by atoms with Gasteiger partial charge in [0, 0.05) is 39.6 Å². The van der Waals surface area contributed by atoms with Crippen LogP contribution < -0.4 is 5.32 Å². The molecule has 0 bridgehead atoms. The highest BCUT2D eigenvalue weighted by atomic mass is 16.2.